The maximum absolute atomic E-state index is 11.3. The number of carbonyl (C=O) groups is 1. The van der Waals surface area contributed by atoms with Crippen LogP contribution in [0.4, 0.5) is 5.13 Å². The van der Waals surface area contributed by atoms with Gasteiger partial charge in [-0.05, 0) is 84.5 Å². The van der Waals surface area contributed by atoms with E-state index in [9.17, 15) is 9.90 Å². The maximum atomic E-state index is 11.3. The normalized spacial score (nSPS) is 17.1. The van der Waals surface area contributed by atoms with Gasteiger partial charge in [0.2, 0.25) is 0 Å². The maximum Gasteiger partial charge on any atom is 1.00 e. The van der Waals surface area contributed by atoms with Crippen molar-refractivity contribution in [2.75, 3.05) is 4.90 Å². The van der Waals surface area contributed by atoms with Crippen molar-refractivity contribution in [3.63, 3.8) is 0 Å². The third kappa shape index (κ3) is 7.45. The Hall–Kier alpha value is -2.16. The second-order valence-electron chi connectivity index (χ2n) is 9.46. The Morgan fingerprint density at radius 3 is 2.51 bits per heavy atom. The van der Waals surface area contributed by atoms with Crippen molar-refractivity contribution in [1.82, 2.24) is 4.98 Å². The smallest absolute Gasteiger partial charge is 0.545 e. The van der Waals surface area contributed by atoms with Gasteiger partial charge in [0.15, 0.2) is 5.13 Å². The second kappa shape index (κ2) is 13.1. The van der Waals surface area contributed by atoms with E-state index in [2.05, 4.69) is 40.8 Å². The standard InChI is InChI=1S/C29H30N2O3S2.Na/c1-20-7-11-24(12-8-20)34-25-13-9-22(10-14-25)27-19-36-29(30-27)31(18-26-6-3-15-35-26)17-21-4-2-5-23(16-21)28(32)33;/h2-6,9-10,13-16,19-20,24H,7-8,11-12,17-18H2,1H3,(H,32,33);/q;+1/p-1. The van der Waals surface area contributed by atoms with E-state index in [1.165, 1.54) is 17.7 Å². The van der Waals surface area contributed by atoms with Gasteiger partial charge in [-0.25, -0.2) is 4.98 Å². The van der Waals surface area contributed by atoms with Crippen molar-refractivity contribution < 1.29 is 44.2 Å². The molecule has 0 N–H and O–H groups in total. The predicted octanol–water partition coefficient (Wildman–Crippen LogP) is 3.40. The number of rotatable bonds is 9. The molecule has 1 aliphatic carbocycles. The van der Waals surface area contributed by atoms with Crippen LogP contribution in [0, 0.1) is 5.92 Å². The molecule has 1 aliphatic rings. The van der Waals surface area contributed by atoms with Gasteiger partial charge in [-0.15, -0.1) is 22.7 Å². The summed E-state index contributed by atoms with van der Waals surface area (Å²) < 4.78 is 6.22. The van der Waals surface area contributed by atoms with Crippen LogP contribution in [0.25, 0.3) is 11.3 Å². The molecule has 2 aromatic heterocycles. The van der Waals surface area contributed by atoms with Gasteiger partial charge in [-0.3, -0.25) is 0 Å². The van der Waals surface area contributed by atoms with Crippen LogP contribution in [0.1, 0.15) is 53.4 Å². The molecule has 0 atom stereocenters. The molecule has 1 saturated carbocycles. The molecule has 0 aliphatic heterocycles. The summed E-state index contributed by atoms with van der Waals surface area (Å²) in [7, 11) is 0. The molecule has 0 radical (unpaired) electrons. The fraction of sp³-hybridized carbons (Fsp3) is 0.310. The molecule has 0 saturated heterocycles. The van der Waals surface area contributed by atoms with Gasteiger partial charge in [-0.1, -0.05) is 31.2 Å². The number of thiazole rings is 1. The molecular weight excluding hydrogens is 511 g/mol. The van der Waals surface area contributed by atoms with Crippen molar-refractivity contribution in [2.45, 2.75) is 51.8 Å². The van der Waals surface area contributed by atoms with Gasteiger partial charge in [0.05, 0.1) is 24.3 Å². The number of aromatic carboxylic acids is 1. The summed E-state index contributed by atoms with van der Waals surface area (Å²) in [6.45, 7) is 3.57. The Bertz CT molecular complexity index is 1280. The molecule has 0 amide bonds. The van der Waals surface area contributed by atoms with Crippen LogP contribution in [-0.2, 0) is 13.1 Å². The van der Waals surface area contributed by atoms with Gasteiger partial charge in [0, 0.05) is 22.4 Å². The number of thiophene rings is 1. The minimum absolute atomic E-state index is 0. The average Bonchev–Trinajstić information content (AvgIpc) is 3.58. The van der Waals surface area contributed by atoms with Crippen LogP contribution in [-0.4, -0.2) is 17.1 Å². The largest absolute Gasteiger partial charge is 1.00 e. The second-order valence-corrected chi connectivity index (χ2v) is 11.3. The van der Waals surface area contributed by atoms with Crippen LogP contribution >= 0.6 is 22.7 Å². The van der Waals surface area contributed by atoms with Gasteiger partial charge in [0.1, 0.15) is 5.75 Å². The van der Waals surface area contributed by atoms with E-state index in [1.807, 2.05) is 24.3 Å². The molecule has 0 bridgehead atoms. The van der Waals surface area contributed by atoms with E-state index < -0.39 is 5.97 Å². The van der Waals surface area contributed by atoms with Gasteiger partial charge < -0.3 is 19.5 Å². The SMILES string of the molecule is CC1CCC(Oc2ccc(-c3csc(N(Cc4cccc(C(=O)[O-])c4)Cc4cccs4)n3)cc2)CC1.[Na+]. The molecule has 2 heterocycles. The van der Waals surface area contributed by atoms with Gasteiger partial charge >= 0.3 is 29.6 Å². The number of aromatic nitrogens is 1. The van der Waals surface area contributed by atoms with Crippen molar-refractivity contribution >= 4 is 33.8 Å². The summed E-state index contributed by atoms with van der Waals surface area (Å²) in [6.07, 6.45) is 5.06. The Morgan fingerprint density at radius 2 is 1.81 bits per heavy atom. The zero-order valence-corrected chi connectivity index (χ0v) is 24.9. The van der Waals surface area contributed by atoms with E-state index in [4.69, 9.17) is 9.72 Å². The fourth-order valence-corrected chi connectivity index (χ4v) is 6.14. The van der Waals surface area contributed by atoms with Crippen molar-refractivity contribution in [3.8, 4) is 17.0 Å². The zero-order chi connectivity index (χ0) is 24.9. The molecule has 5 rings (SSSR count). The van der Waals surface area contributed by atoms with Crippen LogP contribution in [0.3, 0.4) is 0 Å². The van der Waals surface area contributed by atoms with Crippen LogP contribution in [0.2, 0.25) is 0 Å². The summed E-state index contributed by atoms with van der Waals surface area (Å²) in [4.78, 5) is 19.7. The summed E-state index contributed by atoms with van der Waals surface area (Å²) in [6, 6.07) is 19.3. The first kappa shape index (κ1) is 27.9. The predicted molar refractivity (Wildman–Crippen MR) is 145 cm³/mol. The zero-order valence-electron chi connectivity index (χ0n) is 21.3. The Labute approximate surface area is 248 Å². The Balaban J connectivity index is 0.00000320. The third-order valence-corrected chi connectivity index (χ3v) is 8.40. The van der Waals surface area contributed by atoms with E-state index >= 15 is 0 Å². The molecule has 0 spiro atoms. The van der Waals surface area contributed by atoms with E-state index in [0.29, 0.717) is 19.2 Å². The molecule has 2 aromatic carbocycles. The van der Waals surface area contributed by atoms with Crippen molar-refractivity contribution in [3.05, 3.63) is 87.4 Å². The fourth-order valence-electron chi connectivity index (χ4n) is 4.59. The van der Waals surface area contributed by atoms with Crippen molar-refractivity contribution in [1.29, 1.82) is 0 Å². The van der Waals surface area contributed by atoms with Crippen LogP contribution < -0.4 is 44.3 Å². The number of carboxylic acid groups (broad SMARTS) is 1. The topological polar surface area (TPSA) is 65.5 Å². The van der Waals surface area contributed by atoms with Gasteiger partial charge in [0.25, 0.3) is 0 Å². The first-order valence-corrected chi connectivity index (χ1v) is 14.1. The number of hydrogen-bond donors (Lipinski definition) is 0. The summed E-state index contributed by atoms with van der Waals surface area (Å²) in [5.74, 6) is 0.563. The summed E-state index contributed by atoms with van der Waals surface area (Å²) >= 11 is 3.30. The molecule has 5 nitrogen and oxygen atoms in total. The van der Waals surface area contributed by atoms with Crippen LogP contribution in [0.15, 0.2) is 71.4 Å². The van der Waals surface area contributed by atoms with E-state index in [1.54, 1.807) is 40.9 Å². The number of nitrogens with zero attached hydrogens (tertiary/aromatic N) is 2. The molecular formula is C29H29N2NaO3S2. The third-order valence-electron chi connectivity index (χ3n) is 6.64. The number of ether oxygens (including phenoxy) is 1. The Morgan fingerprint density at radius 1 is 1.03 bits per heavy atom. The number of hydrogen-bond acceptors (Lipinski definition) is 7. The Kier molecular flexibility index (Phi) is 9.84. The average molecular weight is 541 g/mol. The molecule has 37 heavy (non-hydrogen) atoms. The number of carboxylic acids is 1. The first-order chi connectivity index (χ1) is 17.5. The number of benzene rings is 2. The van der Waals surface area contributed by atoms with Crippen LogP contribution in [0.5, 0.6) is 5.75 Å². The minimum atomic E-state index is -1.16. The molecule has 8 heteroatoms. The number of carbonyl (C=O) groups excluding carboxylic acids is 1. The molecule has 4 aromatic rings. The van der Waals surface area contributed by atoms with E-state index in [0.717, 1.165) is 46.5 Å². The molecule has 186 valence electrons. The number of anilines is 1. The quantitative estimate of drug-likeness (QED) is 0.305. The molecule has 0 unspecified atom stereocenters. The van der Waals surface area contributed by atoms with E-state index in [-0.39, 0.29) is 35.1 Å². The molecule has 1 fully saturated rings. The summed E-state index contributed by atoms with van der Waals surface area (Å²) in [5, 5.41) is 16.4. The van der Waals surface area contributed by atoms with Gasteiger partial charge in [-0.2, -0.15) is 0 Å². The minimum Gasteiger partial charge on any atom is -0.545 e. The van der Waals surface area contributed by atoms with Crippen molar-refractivity contribution in [2.24, 2.45) is 5.92 Å². The summed E-state index contributed by atoms with van der Waals surface area (Å²) in [5.41, 5.74) is 3.07. The first-order valence-electron chi connectivity index (χ1n) is 12.3. The monoisotopic (exact) mass is 540 g/mol.